The van der Waals surface area contributed by atoms with Gasteiger partial charge in [-0.25, -0.2) is 4.98 Å². The highest BCUT2D eigenvalue weighted by Gasteiger charge is 2.22. The van der Waals surface area contributed by atoms with E-state index in [0.29, 0.717) is 11.4 Å². The number of nitrogens with two attached hydrogens (primary N) is 1. The van der Waals surface area contributed by atoms with Crippen LogP contribution < -0.4 is 5.73 Å². The summed E-state index contributed by atoms with van der Waals surface area (Å²) in [6, 6.07) is 7.29. The Morgan fingerprint density at radius 1 is 1.35 bits per heavy atom. The van der Waals surface area contributed by atoms with Crippen LogP contribution >= 0.6 is 11.8 Å². The Bertz CT molecular complexity index is 633. The summed E-state index contributed by atoms with van der Waals surface area (Å²) in [6.45, 7) is 1.42. The Morgan fingerprint density at radius 2 is 2.00 bits per heavy atom. The molecule has 2 aromatic rings. The highest BCUT2D eigenvalue weighted by atomic mass is 32.2. The van der Waals surface area contributed by atoms with Crippen LogP contribution in [0.15, 0.2) is 30.5 Å². The van der Waals surface area contributed by atoms with E-state index in [-0.39, 0.29) is 10.9 Å². The van der Waals surface area contributed by atoms with E-state index in [2.05, 4.69) is 4.98 Å². The van der Waals surface area contributed by atoms with Gasteiger partial charge in [-0.1, -0.05) is 36.0 Å². The molecular formula is C14H16N2O3S. The van der Waals surface area contributed by atoms with Gasteiger partial charge in [0.15, 0.2) is 5.12 Å². The highest BCUT2D eigenvalue weighted by Crippen LogP contribution is 2.29. The van der Waals surface area contributed by atoms with Crippen molar-refractivity contribution in [1.29, 1.82) is 0 Å². The second-order valence-corrected chi connectivity index (χ2v) is 5.66. The second kappa shape index (κ2) is 6.21. The molecule has 0 saturated carbocycles. The Labute approximate surface area is 120 Å². The molecule has 2 rings (SSSR count). The number of aliphatic hydroxyl groups is 2. The fourth-order valence-corrected chi connectivity index (χ4v) is 2.56. The number of pyridine rings is 1. The zero-order valence-electron chi connectivity index (χ0n) is 11.0. The van der Waals surface area contributed by atoms with Crippen LogP contribution in [0.4, 0.5) is 5.82 Å². The van der Waals surface area contributed by atoms with Crippen LogP contribution in [0.1, 0.15) is 18.6 Å². The molecule has 5 nitrogen and oxygen atoms in total. The molecule has 0 aliphatic rings. The first-order valence-corrected chi connectivity index (χ1v) is 7.12. The summed E-state index contributed by atoms with van der Waals surface area (Å²) in [5.41, 5.74) is 6.30. The molecule has 0 amide bonds. The number of carbonyl (C=O) groups is 1. The summed E-state index contributed by atoms with van der Waals surface area (Å²) in [4.78, 5) is 14.9. The number of benzene rings is 1. The van der Waals surface area contributed by atoms with E-state index in [9.17, 15) is 15.0 Å². The summed E-state index contributed by atoms with van der Waals surface area (Å²) < 4.78 is 0. The van der Waals surface area contributed by atoms with Crippen LogP contribution in [-0.4, -0.2) is 32.2 Å². The van der Waals surface area contributed by atoms with Gasteiger partial charge < -0.3 is 15.9 Å². The highest BCUT2D eigenvalue weighted by molar-refractivity contribution is 8.13. The van der Waals surface area contributed by atoms with E-state index >= 15 is 0 Å². The maximum absolute atomic E-state index is 10.9. The number of hydrogen-bond donors (Lipinski definition) is 3. The number of fused-ring (bicyclic) bond motifs is 1. The first-order chi connectivity index (χ1) is 9.50. The zero-order valence-corrected chi connectivity index (χ0v) is 11.8. The van der Waals surface area contributed by atoms with Crippen LogP contribution in [0.3, 0.4) is 0 Å². The fraction of sp³-hybridized carbons (Fsp3) is 0.286. The van der Waals surface area contributed by atoms with Crippen molar-refractivity contribution < 1.29 is 15.0 Å². The van der Waals surface area contributed by atoms with Crippen molar-refractivity contribution in [2.45, 2.75) is 19.1 Å². The fourth-order valence-electron chi connectivity index (χ4n) is 1.97. The van der Waals surface area contributed by atoms with Crippen molar-refractivity contribution in [3.63, 3.8) is 0 Å². The smallest absolute Gasteiger partial charge is 0.185 e. The van der Waals surface area contributed by atoms with Gasteiger partial charge in [0.25, 0.3) is 0 Å². The first kappa shape index (κ1) is 14.8. The molecule has 2 atom stereocenters. The monoisotopic (exact) mass is 292 g/mol. The van der Waals surface area contributed by atoms with Gasteiger partial charge in [-0.15, -0.1) is 0 Å². The third kappa shape index (κ3) is 3.09. The maximum atomic E-state index is 10.9. The Balaban J connectivity index is 2.32. The molecule has 2 unspecified atom stereocenters. The lowest BCUT2D eigenvalue weighted by Gasteiger charge is -2.19. The van der Waals surface area contributed by atoms with Crippen LogP contribution in [0, 0.1) is 0 Å². The third-order valence-corrected chi connectivity index (χ3v) is 3.91. The molecule has 0 bridgehead atoms. The van der Waals surface area contributed by atoms with Gasteiger partial charge in [-0.3, -0.25) is 4.79 Å². The minimum Gasteiger partial charge on any atom is -0.389 e. The zero-order chi connectivity index (χ0) is 14.7. The van der Waals surface area contributed by atoms with Crippen molar-refractivity contribution in [3.8, 4) is 0 Å². The molecule has 4 N–H and O–H groups in total. The third-order valence-electron chi connectivity index (χ3n) is 3.00. The first-order valence-electron chi connectivity index (χ1n) is 6.13. The van der Waals surface area contributed by atoms with Gasteiger partial charge in [0.2, 0.25) is 0 Å². The number of carbonyl (C=O) groups excluding carboxylic acids is 1. The summed E-state index contributed by atoms with van der Waals surface area (Å²) in [5, 5.41) is 21.6. The Hall–Kier alpha value is -1.63. The van der Waals surface area contributed by atoms with Gasteiger partial charge >= 0.3 is 0 Å². The van der Waals surface area contributed by atoms with Gasteiger partial charge in [0.1, 0.15) is 11.9 Å². The largest absolute Gasteiger partial charge is 0.389 e. The van der Waals surface area contributed by atoms with Crippen LogP contribution in [-0.2, 0) is 4.79 Å². The average Bonchev–Trinajstić information content (AvgIpc) is 2.44. The molecule has 106 valence electrons. The maximum Gasteiger partial charge on any atom is 0.185 e. The molecule has 0 fully saturated rings. The minimum absolute atomic E-state index is 0.100. The lowest BCUT2D eigenvalue weighted by molar-refractivity contribution is -0.109. The topological polar surface area (TPSA) is 96.4 Å². The number of nitrogens with zero attached hydrogens (tertiary/aromatic N) is 1. The van der Waals surface area contributed by atoms with Crippen molar-refractivity contribution in [3.05, 3.63) is 36.0 Å². The van der Waals surface area contributed by atoms with Gasteiger partial charge in [-0.2, -0.15) is 0 Å². The molecule has 0 aliphatic heterocycles. The van der Waals surface area contributed by atoms with E-state index in [0.717, 1.165) is 22.5 Å². The second-order valence-electron chi connectivity index (χ2n) is 4.46. The molecule has 0 radical (unpaired) electrons. The molecule has 1 aromatic heterocycles. The molecule has 1 heterocycles. The molecule has 0 saturated heterocycles. The molecule has 0 aliphatic carbocycles. The number of aliphatic hydroxyl groups excluding tert-OH is 2. The van der Waals surface area contributed by atoms with Gasteiger partial charge in [0, 0.05) is 29.8 Å². The number of aromatic nitrogens is 1. The number of thioether (sulfide) groups is 1. The molecule has 0 spiro atoms. The number of hydrogen-bond acceptors (Lipinski definition) is 6. The van der Waals surface area contributed by atoms with E-state index in [1.807, 2.05) is 24.3 Å². The summed E-state index contributed by atoms with van der Waals surface area (Å²) >= 11 is 0.977. The lowest BCUT2D eigenvalue weighted by atomic mass is 10.00. The predicted molar refractivity (Wildman–Crippen MR) is 80.3 cm³/mol. The number of anilines is 1. The SMILES string of the molecule is CC(=O)SCC(O)C(O)c1cnc(N)c2ccccc12. The van der Waals surface area contributed by atoms with Crippen LogP contribution in [0.5, 0.6) is 0 Å². The Kier molecular flexibility index (Phi) is 4.59. The van der Waals surface area contributed by atoms with E-state index in [4.69, 9.17) is 5.73 Å². The van der Waals surface area contributed by atoms with E-state index < -0.39 is 12.2 Å². The minimum atomic E-state index is -1.11. The normalized spacial score (nSPS) is 14.2. The molecule has 6 heteroatoms. The molecule has 1 aromatic carbocycles. The van der Waals surface area contributed by atoms with Crippen LogP contribution in [0.2, 0.25) is 0 Å². The van der Waals surface area contributed by atoms with Crippen molar-refractivity contribution in [1.82, 2.24) is 4.98 Å². The number of rotatable bonds is 4. The molecular weight excluding hydrogens is 276 g/mol. The van der Waals surface area contributed by atoms with Crippen LogP contribution in [0.25, 0.3) is 10.8 Å². The summed E-state index contributed by atoms with van der Waals surface area (Å²) in [5.74, 6) is 0.513. The summed E-state index contributed by atoms with van der Waals surface area (Å²) in [6.07, 6.45) is -0.693. The standard InChI is InChI=1S/C14H16N2O3S/c1-8(17)20-7-12(18)13(19)11-6-16-14(15)10-5-3-2-4-9(10)11/h2-6,12-13,18-19H,7H2,1H3,(H2,15,16). The number of nitrogen functional groups attached to an aromatic ring is 1. The lowest BCUT2D eigenvalue weighted by Crippen LogP contribution is -2.22. The van der Waals surface area contributed by atoms with E-state index in [1.54, 1.807) is 0 Å². The quantitative estimate of drug-likeness (QED) is 0.790. The predicted octanol–water partition coefficient (Wildman–Crippen LogP) is 1.49. The summed E-state index contributed by atoms with van der Waals surface area (Å²) in [7, 11) is 0. The van der Waals surface area contributed by atoms with Gasteiger partial charge in [-0.05, 0) is 5.39 Å². The van der Waals surface area contributed by atoms with Crippen molar-refractivity contribution in [2.75, 3.05) is 11.5 Å². The molecule has 20 heavy (non-hydrogen) atoms. The average molecular weight is 292 g/mol. The van der Waals surface area contributed by atoms with Crippen molar-refractivity contribution in [2.24, 2.45) is 0 Å². The Morgan fingerprint density at radius 3 is 2.65 bits per heavy atom. The van der Waals surface area contributed by atoms with Gasteiger partial charge in [0.05, 0.1) is 6.10 Å². The van der Waals surface area contributed by atoms with E-state index in [1.165, 1.54) is 13.1 Å². The van der Waals surface area contributed by atoms with Crippen molar-refractivity contribution >= 4 is 33.5 Å².